The van der Waals surface area contributed by atoms with E-state index in [0.717, 1.165) is 34.3 Å². The third-order valence-corrected chi connectivity index (χ3v) is 8.16. The van der Waals surface area contributed by atoms with Crippen LogP contribution in [0.5, 0.6) is 0 Å². The van der Waals surface area contributed by atoms with Gasteiger partial charge in [-0.1, -0.05) is 65.6 Å². The molecule has 3 aromatic carbocycles. The number of benzene rings is 3. The summed E-state index contributed by atoms with van der Waals surface area (Å²) in [6.45, 7) is 5.95. The van der Waals surface area contributed by atoms with Crippen molar-refractivity contribution in [1.82, 2.24) is 0 Å². The van der Waals surface area contributed by atoms with E-state index in [9.17, 15) is 9.90 Å². The molecule has 4 aromatic rings. The Morgan fingerprint density at radius 3 is 2.23 bits per heavy atom. The summed E-state index contributed by atoms with van der Waals surface area (Å²) in [6, 6.07) is 24.0. The maximum Gasteiger partial charge on any atom is 0.336 e. The standard InChI is InChI=1S/C28H24N2O2S2.ClHO4/c1-3-29-22-13-7-9-15-24(22)33-26(29)17-19(20-11-5-6-12-21(20)28(31)32)18-27-30(4-2)23-14-8-10-16-25(23)34-27;2-1(3,4)5/h5-18H,3-4H2,1-2H3;(H,2,3,4,5). The minimum Gasteiger partial charge on any atom is -0.478 e. The van der Waals surface area contributed by atoms with Crippen molar-refractivity contribution in [2.45, 2.75) is 25.3 Å². The molecule has 0 radical (unpaired) electrons. The first-order valence-corrected chi connectivity index (χ1v) is 14.8. The van der Waals surface area contributed by atoms with E-state index in [1.165, 1.54) is 20.8 Å². The number of halogens is 1. The van der Waals surface area contributed by atoms with Crippen LogP contribution in [-0.2, 0) is 6.54 Å². The Morgan fingerprint density at radius 2 is 1.56 bits per heavy atom. The lowest BCUT2D eigenvalue weighted by Gasteiger charge is -2.18. The molecule has 0 amide bonds. The van der Waals surface area contributed by atoms with Crippen molar-refractivity contribution < 1.29 is 43.3 Å². The number of para-hydroxylation sites is 2. The summed E-state index contributed by atoms with van der Waals surface area (Å²) in [5.41, 5.74) is 4.30. The second-order valence-electron chi connectivity index (χ2n) is 8.28. The number of thiazole rings is 1. The van der Waals surface area contributed by atoms with Crippen LogP contribution in [0.3, 0.4) is 0 Å². The van der Waals surface area contributed by atoms with Crippen LogP contribution in [0.1, 0.15) is 34.8 Å². The van der Waals surface area contributed by atoms with Crippen LogP contribution in [0.4, 0.5) is 5.69 Å². The average Bonchev–Trinajstić information content (AvgIpc) is 3.43. The molecule has 0 unspecified atom stereocenters. The number of anilines is 1. The smallest absolute Gasteiger partial charge is 0.336 e. The molecule has 202 valence electrons. The molecule has 0 fully saturated rings. The normalized spacial score (nSPS) is 14.4. The van der Waals surface area contributed by atoms with E-state index in [1.54, 1.807) is 35.2 Å². The van der Waals surface area contributed by atoms with Gasteiger partial charge in [-0.2, -0.15) is 4.57 Å². The first kappa shape index (κ1) is 28.8. The maximum atomic E-state index is 12.1. The van der Waals surface area contributed by atoms with E-state index in [4.69, 9.17) is 18.6 Å². The fourth-order valence-corrected chi connectivity index (χ4v) is 6.71. The molecule has 39 heavy (non-hydrogen) atoms. The van der Waals surface area contributed by atoms with E-state index >= 15 is 0 Å². The van der Waals surface area contributed by atoms with Gasteiger partial charge in [-0.25, -0.2) is 23.4 Å². The van der Waals surface area contributed by atoms with Gasteiger partial charge in [-0.3, -0.25) is 0 Å². The van der Waals surface area contributed by atoms with Crippen LogP contribution < -0.4 is 28.1 Å². The fraction of sp³-hybridized carbons (Fsp3) is 0.143. The van der Waals surface area contributed by atoms with Crippen LogP contribution in [0, 0.1) is 10.2 Å². The molecule has 0 saturated heterocycles. The van der Waals surface area contributed by atoms with Crippen molar-refractivity contribution in [1.29, 1.82) is 0 Å². The van der Waals surface area contributed by atoms with E-state index < -0.39 is 16.2 Å². The Balaban J connectivity index is 0.000000648. The number of hydrogen-bond acceptors (Lipinski definition) is 8. The van der Waals surface area contributed by atoms with Crippen molar-refractivity contribution in [3.05, 3.63) is 100 Å². The second-order valence-corrected chi connectivity index (χ2v) is 11.2. The first-order valence-electron chi connectivity index (χ1n) is 11.9. The SMILES string of the molecule is CCN1/C(=C/C(=C/c2sc3ccccc3[n+]2CC)c2ccccc2C(=O)O)Sc2ccccc21.[O-][Cl+3]([O-])([O-])[O-]. The average molecular weight is 585 g/mol. The molecule has 1 aliphatic rings. The Morgan fingerprint density at radius 1 is 0.949 bits per heavy atom. The van der Waals surface area contributed by atoms with Gasteiger partial charge in [-0.05, 0) is 55.3 Å². The van der Waals surface area contributed by atoms with Crippen LogP contribution in [0.15, 0.2) is 88.8 Å². The van der Waals surface area contributed by atoms with Gasteiger partial charge in [0.2, 0.25) is 5.52 Å². The predicted molar refractivity (Wildman–Crippen MR) is 142 cm³/mol. The van der Waals surface area contributed by atoms with E-state index in [-0.39, 0.29) is 0 Å². The lowest BCUT2D eigenvalue weighted by atomic mass is 9.99. The molecular weight excluding hydrogens is 560 g/mol. The summed E-state index contributed by atoms with van der Waals surface area (Å²) in [7, 11) is -4.94. The summed E-state index contributed by atoms with van der Waals surface area (Å²) < 4.78 is 37.5. The van der Waals surface area contributed by atoms with Crippen molar-refractivity contribution in [3.8, 4) is 0 Å². The largest absolute Gasteiger partial charge is 0.478 e. The van der Waals surface area contributed by atoms with Gasteiger partial charge in [-0.15, -0.1) is 10.2 Å². The number of aromatic nitrogens is 1. The minimum atomic E-state index is -4.94. The molecule has 0 spiro atoms. The van der Waals surface area contributed by atoms with Gasteiger partial charge in [0.25, 0.3) is 5.01 Å². The second kappa shape index (κ2) is 12.3. The topological polar surface area (TPSA) is 137 Å². The number of rotatable bonds is 6. The number of thioether (sulfide) groups is 1. The Kier molecular flexibility index (Phi) is 9.08. The highest BCUT2D eigenvalue weighted by Gasteiger charge is 2.25. The summed E-state index contributed by atoms with van der Waals surface area (Å²) in [6.07, 6.45) is 4.28. The van der Waals surface area contributed by atoms with E-state index in [2.05, 4.69) is 84.0 Å². The van der Waals surface area contributed by atoms with Gasteiger partial charge in [0.1, 0.15) is 11.2 Å². The third-order valence-electron chi connectivity index (χ3n) is 5.93. The zero-order valence-corrected chi connectivity index (χ0v) is 23.5. The molecule has 11 heteroatoms. The van der Waals surface area contributed by atoms with Gasteiger partial charge >= 0.3 is 5.97 Å². The monoisotopic (exact) mass is 584 g/mol. The Bertz CT molecular complexity index is 1560. The number of nitrogens with zero attached hydrogens (tertiary/aromatic N) is 2. The van der Waals surface area contributed by atoms with Gasteiger partial charge < -0.3 is 10.0 Å². The fourth-order valence-electron chi connectivity index (χ4n) is 4.36. The van der Waals surface area contributed by atoms with Gasteiger partial charge in [0.15, 0.2) is 0 Å². The van der Waals surface area contributed by atoms with E-state index in [0.29, 0.717) is 5.56 Å². The summed E-state index contributed by atoms with van der Waals surface area (Å²) in [5.74, 6) is -0.922. The summed E-state index contributed by atoms with van der Waals surface area (Å²) in [5, 5.41) is 12.1. The Hall–Kier alpha value is -3.22. The van der Waals surface area contributed by atoms with Gasteiger partial charge in [0, 0.05) is 23.6 Å². The number of aryl methyl sites for hydroxylation is 1. The number of carboxylic acid groups (broad SMARTS) is 1. The zero-order valence-electron chi connectivity index (χ0n) is 21.1. The molecule has 0 atom stereocenters. The Labute approximate surface area is 236 Å². The van der Waals surface area contributed by atoms with Crippen LogP contribution in [-0.4, -0.2) is 17.6 Å². The highest BCUT2D eigenvalue weighted by atomic mass is 35.7. The molecule has 8 nitrogen and oxygen atoms in total. The number of aromatic carboxylic acids is 1. The number of hydrogen-bond donors (Lipinski definition) is 1. The predicted octanol–water partition coefficient (Wildman–Crippen LogP) is 2.17. The number of carbonyl (C=O) groups is 1. The molecule has 0 bridgehead atoms. The first-order chi connectivity index (χ1) is 18.6. The number of carboxylic acids is 1. The summed E-state index contributed by atoms with van der Waals surface area (Å²) in [4.78, 5) is 15.6. The molecule has 1 aliphatic heterocycles. The minimum absolute atomic E-state index is 0.304. The lowest BCUT2D eigenvalue weighted by molar-refractivity contribution is -2.00. The highest BCUT2D eigenvalue weighted by molar-refractivity contribution is 8.03. The third kappa shape index (κ3) is 6.87. The number of fused-ring (bicyclic) bond motifs is 2. The molecule has 0 saturated carbocycles. The van der Waals surface area contributed by atoms with Crippen molar-refractivity contribution in [3.63, 3.8) is 0 Å². The molecule has 1 aromatic heterocycles. The quantitative estimate of drug-likeness (QED) is 0.341. The van der Waals surface area contributed by atoms with Crippen molar-refractivity contribution in [2.75, 3.05) is 11.4 Å². The molecule has 2 heterocycles. The van der Waals surface area contributed by atoms with Crippen LogP contribution in [0.2, 0.25) is 0 Å². The van der Waals surface area contributed by atoms with Crippen molar-refractivity contribution >= 4 is 56.6 Å². The molecule has 5 rings (SSSR count). The molecule has 1 N–H and O–H groups in total. The zero-order chi connectivity index (χ0) is 28.2. The number of allylic oxidation sites excluding steroid dienone is 2. The lowest BCUT2D eigenvalue weighted by Crippen LogP contribution is -2.68. The molecular formula is C28H25ClN2O6S2. The molecule has 0 aliphatic carbocycles. The van der Waals surface area contributed by atoms with Crippen LogP contribution in [0.25, 0.3) is 21.9 Å². The summed E-state index contributed by atoms with van der Waals surface area (Å²) >= 11 is 3.45. The van der Waals surface area contributed by atoms with Crippen LogP contribution >= 0.6 is 23.1 Å². The van der Waals surface area contributed by atoms with E-state index in [1.807, 2.05) is 12.1 Å². The van der Waals surface area contributed by atoms with Crippen molar-refractivity contribution in [2.24, 2.45) is 0 Å². The van der Waals surface area contributed by atoms with Gasteiger partial charge in [0.05, 0.1) is 16.3 Å². The maximum absolute atomic E-state index is 12.1. The highest BCUT2D eigenvalue weighted by Crippen LogP contribution is 2.46.